The molecule has 0 unspecified atom stereocenters. The van der Waals surface area contributed by atoms with E-state index in [9.17, 15) is 4.79 Å². The van der Waals surface area contributed by atoms with Crippen molar-refractivity contribution in [2.24, 2.45) is 0 Å². The van der Waals surface area contributed by atoms with Gasteiger partial charge in [-0.3, -0.25) is 4.79 Å². The number of hydrogen-bond acceptors (Lipinski definition) is 5. The number of thiazole rings is 2. The molecular formula is C12H14ClN3OS2. The Balaban J connectivity index is 1.93. The molecule has 0 aromatic carbocycles. The minimum Gasteiger partial charge on any atom is -0.302 e. The lowest BCUT2D eigenvalue weighted by molar-refractivity contribution is -0.115. The predicted molar refractivity (Wildman–Crippen MR) is 80.2 cm³/mol. The summed E-state index contributed by atoms with van der Waals surface area (Å²) in [4.78, 5) is 20.5. The summed E-state index contributed by atoms with van der Waals surface area (Å²) in [6.45, 7) is 4.15. The Kier molecular flexibility index (Phi) is 4.90. The smallest absolute Gasteiger partial charge is 0.233 e. The van der Waals surface area contributed by atoms with Crippen LogP contribution in [0.2, 0.25) is 0 Å². The largest absolute Gasteiger partial charge is 0.302 e. The molecule has 4 nitrogen and oxygen atoms in total. The number of amides is 1. The van der Waals surface area contributed by atoms with Gasteiger partial charge in [-0.15, -0.1) is 34.3 Å². The van der Waals surface area contributed by atoms with E-state index >= 15 is 0 Å². The average molecular weight is 316 g/mol. The molecule has 0 atom stereocenters. The summed E-state index contributed by atoms with van der Waals surface area (Å²) in [6.07, 6.45) is 0.262. The first-order valence-electron chi connectivity index (χ1n) is 5.83. The Morgan fingerprint density at radius 1 is 1.37 bits per heavy atom. The minimum absolute atomic E-state index is 0.0971. The lowest BCUT2D eigenvalue weighted by Crippen LogP contribution is -2.14. The number of alkyl halides is 1. The second kappa shape index (κ2) is 6.45. The molecule has 2 aromatic rings. The van der Waals surface area contributed by atoms with Crippen LogP contribution in [0.1, 0.15) is 36.2 Å². The zero-order valence-corrected chi connectivity index (χ0v) is 13.0. The van der Waals surface area contributed by atoms with Crippen molar-refractivity contribution in [2.45, 2.75) is 32.1 Å². The van der Waals surface area contributed by atoms with Crippen molar-refractivity contribution >= 4 is 45.3 Å². The maximum Gasteiger partial charge on any atom is 0.233 e. The number of carbonyl (C=O) groups is 1. The van der Waals surface area contributed by atoms with Gasteiger partial charge in [0.05, 0.1) is 23.7 Å². The van der Waals surface area contributed by atoms with Crippen LogP contribution in [0.3, 0.4) is 0 Å². The highest BCUT2D eigenvalue weighted by molar-refractivity contribution is 7.14. The van der Waals surface area contributed by atoms with Crippen LogP contribution in [-0.4, -0.2) is 15.9 Å². The van der Waals surface area contributed by atoms with Crippen LogP contribution < -0.4 is 5.32 Å². The number of aromatic nitrogens is 2. The van der Waals surface area contributed by atoms with E-state index in [1.807, 2.05) is 10.8 Å². The van der Waals surface area contributed by atoms with Gasteiger partial charge < -0.3 is 5.32 Å². The van der Waals surface area contributed by atoms with Crippen molar-refractivity contribution < 1.29 is 4.79 Å². The standard InChI is InChI=1S/C12H14ClN3OS2/c1-7(2)9-6-19-12(15-9)16-10(17)3-11-14-8(4-13)5-18-11/h5-7H,3-4H2,1-2H3,(H,15,16,17). The van der Waals surface area contributed by atoms with Crippen LogP contribution in [-0.2, 0) is 17.1 Å². The van der Waals surface area contributed by atoms with E-state index in [1.54, 1.807) is 0 Å². The Morgan fingerprint density at radius 3 is 2.74 bits per heavy atom. The second-order valence-electron chi connectivity index (χ2n) is 4.32. The summed E-state index contributed by atoms with van der Waals surface area (Å²) in [5, 5.41) is 8.05. The van der Waals surface area contributed by atoms with E-state index in [2.05, 4.69) is 29.1 Å². The van der Waals surface area contributed by atoms with E-state index in [0.29, 0.717) is 16.9 Å². The predicted octanol–water partition coefficient (Wildman–Crippen LogP) is 3.64. The van der Waals surface area contributed by atoms with Gasteiger partial charge >= 0.3 is 0 Å². The fourth-order valence-corrected chi connectivity index (χ4v) is 3.31. The Labute approximate surface area is 124 Å². The fourth-order valence-electron chi connectivity index (χ4n) is 1.40. The summed E-state index contributed by atoms with van der Waals surface area (Å²) in [7, 11) is 0. The molecule has 2 aromatic heterocycles. The molecule has 0 bridgehead atoms. The topological polar surface area (TPSA) is 54.9 Å². The molecule has 7 heteroatoms. The zero-order valence-electron chi connectivity index (χ0n) is 10.6. The van der Waals surface area contributed by atoms with Crippen LogP contribution in [0, 0.1) is 0 Å². The normalized spacial score (nSPS) is 10.9. The van der Waals surface area contributed by atoms with Gasteiger partial charge in [0.2, 0.25) is 5.91 Å². The van der Waals surface area contributed by atoms with Gasteiger partial charge in [0.15, 0.2) is 5.13 Å². The summed E-state index contributed by atoms with van der Waals surface area (Å²) in [5.41, 5.74) is 1.81. The third kappa shape index (κ3) is 3.99. The Bertz CT molecular complexity index is 565. The lowest BCUT2D eigenvalue weighted by atomic mass is 10.2. The fraction of sp³-hybridized carbons (Fsp3) is 0.417. The number of anilines is 1. The Hall–Kier alpha value is -0.980. The summed E-state index contributed by atoms with van der Waals surface area (Å²) >= 11 is 8.57. The van der Waals surface area contributed by atoms with Gasteiger partial charge in [0.25, 0.3) is 0 Å². The molecular weight excluding hydrogens is 302 g/mol. The van der Waals surface area contributed by atoms with Gasteiger partial charge in [0.1, 0.15) is 5.01 Å². The van der Waals surface area contributed by atoms with Crippen molar-refractivity contribution in [2.75, 3.05) is 5.32 Å². The molecule has 0 saturated heterocycles. The number of nitrogens with one attached hydrogen (secondary N) is 1. The van der Waals surface area contributed by atoms with E-state index < -0.39 is 0 Å². The van der Waals surface area contributed by atoms with Crippen molar-refractivity contribution in [1.29, 1.82) is 0 Å². The quantitative estimate of drug-likeness (QED) is 0.857. The molecule has 1 N–H and O–H groups in total. The molecule has 0 aliphatic rings. The highest BCUT2D eigenvalue weighted by atomic mass is 35.5. The number of nitrogens with zero attached hydrogens (tertiary/aromatic N) is 2. The third-order valence-corrected chi connectivity index (χ3v) is 4.36. The molecule has 19 heavy (non-hydrogen) atoms. The van der Waals surface area contributed by atoms with Crippen molar-refractivity contribution in [3.63, 3.8) is 0 Å². The minimum atomic E-state index is -0.0971. The van der Waals surface area contributed by atoms with Crippen LogP contribution in [0.4, 0.5) is 5.13 Å². The number of rotatable bonds is 5. The van der Waals surface area contributed by atoms with Gasteiger partial charge in [0, 0.05) is 10.8 Å². The van der Waals surface area contributed by atoms with Gasteiger partial charge in [-0.2, -0.15) is 0 Å². The maximum atomic E-state index is 11.8. The molecule has 0 fully saturated rings. The molecule has 0 radical (unpaired) electrons. The molecule has 0 spiro atoms. The first kappa shape index (κ1) is 14.4. The van der Waals surface area contributed by atoms with Crippen LogP contribution in [0.5, 0.6) is 0 Å². The van der Waals surface area contributed by atoms with Crippen LogP contribution in [0.25, 0.3) is 0 Å². The van der Waals surface area contributed by atoms with E-state index in [-0.39, 0.29) is 12.3 Å². The highest BCUT2D eigenvalue weighted by Gasteiger charge is 2.11. The average Bonchev–Trinajstić information content (AvgIpc) is 2.98. The summed E-state index contributed by atoms with van der Waals surface area (Å²) < 4.78 is 0. The molecule has 0 aliphatic carbocycles. The van der Waals surface area contributed by atoms with Gasteiger partial charge in [-0.1, -0.05) is 13.8 Å². The molecule has 2 rings (SSSR count). The van der Waals surface area contributed by atoms with E-state index in [4.69, 9.17) is 11.6 Å². The molecule has 1 amide bonds. The SMILES string of the molecule is CC(C)c1csc(NC(=O)Cc2nc(CCl)cs2)n1. The third-order valence-electron chi connectivity index (χ3n) is 2.41. The van der Waals surface area contributed by atoms with Crippen LogP contribution in [0.15, 0.2) is 10.8 Å². The van der Waals surface area contributed by atoms with Gasteiger partial charge in [-0.05, 0) is 5.92 Å². The number of hydrogen-bond donors (Lipinski definition) is 1. The number of halogens is 1. The number of carbonyl (C=O) groups excluding carboxylic acids is 1. The molecule has 0 saturated carbocycles. The summed E-state index contributed by atoms with van der Waals surface area (Å²) in [6, 6.07) is 0. The van der Waals surface area contributed by atoms with E-state index in [0.717, 1.165) is 16.4 Å². The first-order chi connectivity index (χ1) is 9.08. The zero-order chi connectivity index (χ0) is 13.8. The van der Waals surface area contributed by atoms with Crippen LogP contribution >= 0.6 is 34.3 Å². The monoisotopic (exact) mass is 315 g/mol. The maximum absolute atomic E-state index is 11.8. The van der Waals surface area contributed by atoms with Crippen molar-refractivity contribution in [1.82, 2.24) is 9.97 Å². The summed E-state index contributed by atoms with van der Waals surface area (Å²) in [5.74, 6) is 0.648. The van der Waals surface area contributed by atoms with Crippen molar-refractivity contribution in [3.8, 4) is 0 Å². The van der Waals surface area contributed by atoms with Crippen molar-refractivity contribution in [3.05, 3.63) is 27.2 Å². The highest BCUT2D eigenvalue weighted by Crippen LogP contribution is 2.21. The molecule has 0 aliphatic heterocycles. The van der Waals surface area contributed by atoms with E-state index in [1.165, 1.54) is 22.7 Å². The molecule has 102 valence electrons. The molecule has 2 heterocycles. The lowest BCUT2D eigenvalue weighted by Gasteiger charge is -2.00. The second-order valence-corrected chi connectivity index (χ2v) is 6.39. The first-order valence-corrected chi connectivity index (χ1v) is 8.12. The Morgan fingerprint density at radius 2 is 2.16 bits per heavy atom. The van der Waals surface area contributed by atoms with Gasteiger partial charge in [-0.25, -0.2) is 9.97 Å².